The highest BCUT2D eigenvalue weighted by Crippen LogP contribution is 2.41. The molecule has 0 spiro atoms. The van der Waals surface area contributed by atoms with Gasteiger partial charge in [-0.05, 0) is 37.1 Å². The summed E-state index contributed by atoms with van der Waals surface area (Å²) in [5.74, 6) is 1.66. The van der Waals surface area contributed by atoms with Crippen molar-refractivity contribution in [3.8, 4) is 11.4 Å². The van der Waals surface area contributed by atoms with Crippen LogP contribution in [-0.2, 0) is 0 Å². The molecular formula is C19H17F2N3S2. The third-order valence-corrected chi connectivity index (χ3v) is 6.35. The number of nitrogens with zero attached hydrogens (tertiary/aromatic N) is 3. The summed E-state index contributed by atoms with van der Waals surface area (Å²) in [7, 11) is 0. The lowest BCUT2D eigenvalue weighted by Crippen LogP contribution is -2.01. The van der Waals surface area contributed by atoms with E-state index in [4.69, 9.17) is 0 Å². The Kier molecular flexibility index (Phi) is 5.26. The van der Waals surface area contributed by atoms with Gasteiger partial charge in [0, 0.05) is 22.4 Å². The van der Waals surface area contributed by atoms with E-state index in [9.17, 15) is 8.78 Å². The summed E-state index contributed by atoms with van der Waals surface area (Å²) >= 11 is 3.07. The van der Waals surface area contributed by atoms with Crippen LogP contribution in [0.3, 0.4) is 0 Å². The molecule has 0 unspecified atom stereocenters. The summed E-state index contributed by atoms with van der Waals surface area (Å²) in [6.07, 6.45) is 2.13. The molecule has 3 aromatic rings. The summed E-state index contributed by atoms with van der Waals surface area (Å²) in [6, 6.07) is 13.8. The van der Waals surface area contributed by atoms with Crippen LogP contribution in [0.25, 0.3) is 11.4 Å². The smallest absolute Gasteiger partial charge is 0.191 e. The minimum absolute atomic E-state index is 0.189. The Balaban J connectivity index is 1.46. The zero-order valence-corrected chi connectivity index (χ0v) is 15.6. The highest BCUT2D eigenvalue weighted by Gasteiger charge is 2.30. The van der Waals surface area contributed by atoms with Gasteiger partial charge in [-0.25, -0.2) is 8.78 Å². The Morgan fingerprint density at radius 1 is 0.885 bits per heavy atom. The third-order valence-electron chi connectivity index (χ3n) is 4.10. The second-order valence-electron chi connectivity index (χ2n) is 6.01. The Labute approximate surface area is 159 Å². The van der Waals surface area contributed by atoms with Crippen LogP contribution in [0.4, 0.5) is 8.78 Å². The molecule has 1 aliphatic carbocycles. The molecule has 4 rings (SSSR count). The third kappa shape index (κ3) is 3.78. The molecule has 1 fully saturated rings. The molecule has 2 aromatic carbocycles. The van der Waals surface area contributed by atoms with Crippen molar-refractivity contribution in [1.82, 2.24) is 14.8 Å². The summed E-state index contributed by atoms with van der Waals surface area (Å²) in [5, 5.41) is 9.33. The molecule has 0 radical (unpaired) electrons. The zero-order chi connectivity index (χ0) is 17.9. The van der Waals surface area contributed by atoms with Crippen molar-refractivity contribution < 1.29 is 8.78 Å². The first kappa shape index (κ1) is 17.5. The average molecular weight is 389 g/mol. The standard InChI is InChI=1S/C19H17F2N3S2/c20-15-6-2-1-5-14(15)18-22-23-19(24(18)13-9-10-13)26-12-11-25-17-8-4-3-7-16(17)21/h1-8,13H,9-12H2. The van der Waals surface area contributed by atoms with Crippen LogP contribution in [0.5, 0.6) is 0 Å². The molecule has 0 aliphatic heterocycles. The minimum atomic E-state index is -0.284. The molecule has 0 N–H and O–H groups in total. The van der Waals surface area contributed by atoms with Crippen LogP contribution in [-0.4, -0.2) is 26.3 Å². The van der Waals surface area contributed by atoms with Gasteiger partial charge < -0.3 is 0 Å². The van der Waals surface area contributed by atoms with Crippen molar-refractivity contribution >= 4 is 23.5 Å². The van der Waals surface area contributed by atoms with Gasteiger partial charge >= 0.3 is 0 Å². The van der Waals surface area contributed by atoms with Crippen LogP contribution in [0.1, 0.15) is 18.9 Å². The number of hydrogen-bond donors (Lipinski definition) is 0. The van der Waals surface area contributed by atoms with Crippen molar-refractivity contribution in [1.29, 1.82) is 0 Å². The van der Waals surface area contributed by atoms with E-state index in [2.05, 4.69) is 14.8 Å². The van der Waals surface area contributed by atoms with E-state index < -0.39 is 0 Å². The molecule has 1 aliphatic rings. The second kappa shape index (κ2) is 7.80. The largest absolute Gasteiger partial charge is 0.299 e. The van der Waals surface area contributed by atoms with Gasteiger partial charge in [0.2, 0.25) is 0 Å². The highest BCUT2D eigenvalue weighted by molar-refractivity contribution is 8.02. The number of hydrogen-bond acceptors (Lipinski definition) is 4. The molecule has 0 amide bonds. The Morgan fingerprint density at radius 3 is 2.31 bits per heavy atom. The van der Waals surface area contributed by atoms with Crippen molar-refractivity contribution in [2.45, 2.75) is 28.9 Å². The second-order valence-corrected chi connectivity index (χ2v) is 8.21. The van der Waals surface area contributed by atoms with Gasteiger partial charge in [-0.3, -0.25) is 4.57 Å². The van der Waals surface area contributed by atoms with E-state index in [1.165, 1.54) is 23.9 Å². The molecule has 1 saturated carbocycles. The molecular weight excluding hydrogens is 372 g/mol. The monoisotopic (exact) mass is 389 g/mol. The number of aromatic nitrogens is 3. The van der Waals surface area contributed by atoms with Crippen LogP contribution in [0.2, 0.25) is 0 Å². The zero-order valence-electron chi connectivity index (χ0n) is 13.9. The predicted molar refractivity (Wildman–Crippen MR) is 102 cm³/mol. The SMILES string of the molecule is Fc1ccccc1SCCSc1nnc(-c2ccccc2F)n1C1CC1. The van der Waals surface area contributed by atoms with Gasteiger partial charge in [0.1, 0.15) is 11.6 Å². The minimum Gasteiger partial charge on any atom is -0.299 e. The van der Waals surface area contributed by atoms with E-state index in [0.717, 1.165) is 29.5 Å². The van der Waals surface area contributed by atoms with E-state index >= 15 is 0 Å². The summed E-state index contributed by atoms with van der Waals surface area (Å²) < 4.78 is 29.9. The normalized spacial score (nSPS) is 13.9. The predicted octanol–water partition coefficient (Wildman–Crippen LogP) is 5.44. The lowest BCUT2D eigenvalue weighted by Gasteiger charge is -2.09. The van der Waals surface area contributed by atoms with E-state index in [-0.39, 0.29) is 11.6 Å². The maximum absolute atomic E-state index is 14.2. The molecule has 1 aromatic heterocycles. The fourth-order valence-electron chi connectivity index (χ4n) is 2.71. The molecule has 0 atom stereocenters. The Hall–Kier alpha value is -1.86. The van der Waals surface area contributed by atoms with Gasteiger partial charge in [0.15, 0.2) is 11.0 Å². The highest BCUT2D eigenvalue weighted by atomic mass is 32.2. The Bertz CT molecular complexity index is 909. The average Bonchev–Trinajstić information content (AvgIpc) is 3.40. The van der Waals surface area contributed by atoms with Crippen LogP contribution < -0.4 is 0 Å². The molecule has 1 heterocycles. The van der Waals surface area contributed by atoms with Crippen LogP contribution in [0, 0.1) is 11.6 Å². The van der Waals surface area contributed by atoms with Gasteiger partial charge in [0.25, 0.3) is 0 Å². The van der Waals surface area contributed by atoms with E-state index in [0.29, 0.717) is 22.3 Å². The topological polar surface area (TPSA) is 30.7 Å². The van der Waals surface area contributed by atoms with Crippen molar-refractivity contribution in [3.63, 3.8) is 0 Å². The molecule has 7 heteroatoms. The Morgan fingerprint density at radius 2 is 1.58 bits per heavy atom. The molecule has 26 heavy (non-hydrogen) atoms. The lowest BCUT2D eigenvalue weighted by molar-refractivity contribution is 0.602. The van der Waals surface area contributed by atoms with Gasteiger partial charge in [-0.2, -0.15) is 0 Å². The fraction of sp³-hybridized carbons (Fsp3) is 0.263. The van der Waals surface area contributed by atoms with Crippen LogP contribution in [0.15, 0.2) is 58.6 Å². The molecule has 134 valence electrons. The molecule has 0 saturated heterocycles. The first-order valence-electron chi connectivity index (χ1n) is 8.44. The molecule has 0 bridgehead atoms. The van der Waals surface area contributed by atoms with Crippen molar-refractivity contribution in [3.05, 3.63) is 60.2 Å². The van der Waals surface area contributed by atoms with Gasteiger partial charge in [-0.15, -0.1) is 22.0 Å². The number of benzene rings is 2. The maximum Gasteiger partial charge on any atom is 0.191 e. The summed E-state index contributed by atoms with van der Waals surface area (Å²) in [6.45, 7) is 0. The van der Waals surface area contributed by atoms with E-state index in [1.54, 1.807) is 36.0 Å². The summed E-state index contributed by atoms with van der Waals surface area (Å²) in [5.41, 5.74) is 0.486. The number of thioether (sulfide) groups is 2. The lowest BCUT2D eigenvalue weighted by atomic mass is 10.2. The van der Waals surface area contributed by atoms with Gasteiger partial charge in [-0.1, -0.05) is 36.0 Å². The first-order valence-corrected chi connectivity index (χ1v) is 10.4. The van der Waals surface area contributed by atoms with Crippen molar-refractivity contribution in [2.24, 2.45) is 0 Å². The number of halogens is 2. The number of rotatable bonds is 7. The maximum atomic E-state index is 14.2. The van der Waals surface area contributed by atoms with Gasteiger partial charge in [0.05, 0.1) is 5.56 Å². The quantitative estimate of drug-likeness (QED) is 0.397. The molecule has 3 nitrogen and oxygen atoms in total. The first-order chi connectivity index (χ1) is 12.7. The summed E-state index contributed by atoms with van der Waals surface area (Å²) in [4.78, 5) is 0.656. The van der Waals surface area contributed by atoms with Crippen molar-refractivity contribution in [2.75, 3.05) is 11.5 Å². The van der Waals surface area contributed by atoms with E-state index in [1.807, 2.05) is 12.1 Å². The fourth-order valence-corrected chi connectivity index (χ4v) is 4.63. The van der Waals surface area contributed by atoms with Crippen LogP contribution >= 0.6 is 23.5 Å².